The molecule has 0 fully saturated rings. The molecule has 29 heavy (non-hydrogen) atoms. The molecule has 0 aliphatic heterocycles. The molecule has 1 amide bonds. The fraction of sp³-hybridized carbons (Fsp3) is 0.273. The highest BCUT2D eigenvalue weighted by Crippen LogP contribution is 2.31. The summed E-state index contributed by atoms with van der Waals surface area (Å²) in [4.78, 5) is 26.4. The summed E-state index contributed by atoms with van der Waals surface area (Å²) in [6.45, 7) is 7.17. The van der Waals surface area contributed by atoms with E-state index < -0.39 is 6.09 Å². The zero-order chi connectivity index (χ0) is 20.8. The van der Waals surface area contributed by atoms with Crippen molar-refractivity contribution in [1.82, 2.24) is 4.90 Å². The first-order valence-corrected chi connectivity index (χ1v) is 9.49. The molecule has 0 bridgehead atoms. The maximum absolute atomic E-state index is 12.8. The van der Waals surface area contributed by atoms with Crippen molar-refractivity contribution in [2.75, 3.05) is 19.7 Å². The first-order chi connectivity index (χ1) is 14.1. The van der Waals surface area contributed by atoms with E-state index in [9.17, 15) is 9.59 Å². The van der Waals surface area contributed by atoms with Gasteiger partial charge in [0.25, 0.3) is 0 Å². The molecular formula is C22H23NO6. The first-order valence-electron chi connectivity index (χ1n) is 9.49. The number of para-hydroxylation sites is 2. The number of amides is 1. The van der Waals surface area contributed by atoms with Crippen LogP contribution in [0.3, 0.4) is 0 Å². The van der Waals surface area contributed by atoms with Crippen molar-refractivity contribution in [3.63, 3.8) is 0 Å². The van der Waals surface area contributed by atoms with Gasteiger partial charge in [0.05, 0.1) is 12.0 Å². The molecule has 0 atom stereocenters. The fourth-order valence-corrected chi connectivity index (χ4v) is 2.80. The summed E-state index contributed by atoms with van der Waals surface area (Å²) in [5.41, 5.74) is -0.0375. The summed E-state index contributed by atoms with van der Waals surface area (Å²) in [6, 6.07) is 11.7. The Hall–Kier alpha value is -3.48. The van der Waals surface area contributed by atoms with Crippen molar-refractivity contribution in [2.45, 2.75) is 20.8 Å². The number of fused-ring (bicyclic) bond motifs is 1. The Bertz CT molecular complexity index is 1050. The van der Waals surface area contributed by atoms with Gasteiger partial charge in [0.2, 0.25) is 11.2 Å². The molecule has 0 aliphatic rings. The average Bonchev–Trinajstić information content (AvgIpc) is 2.72. The van der Waals surface area contributed by atoms with E-state index in [1.165, 1.54) is 12.3 Å². The number of nitrogens with zero attached hydrogens (tertiary/aromatic N) is 1. The monoisotopic (exact) mass is 397 g/mol. The fourth-order valence-electron chi connectivity index (χ4n) is 2.80. The zero-order valence-electron chi connectivity index (χ0n) is 16.6. The van der Waals surface area contributed by atoms with Gasteiger partial charge in [-0.3, -0.25) is 4.79 Å². The lowest BCUT2D eigenvalue weighted by molar-refractivity contribution is 0.157. The van der Waals surface area contributed by atoms with Crippen molar-refractivity contribution in [1.29, 1.82) is 0 Å². The van der Waals surface area contributed by atoms with Crippen LogP contribution in [0, 0.1) is 0 Å². The van der Waals surface area contributed by atoms with Crippen LogP contribution in [0.1, 0.15) is 20.8 Å². The third kappa shape index (κ3) is 4.51. The second-order valence-electron chi connectivity index (χ2n) is 6.11. The van der Waals surface area contributed by atoms with E-state index in [4.69, 9.17) is 18.6 Å². The predicted molar refractivity (Wildman–Crippen MR) is 109 cm³/mol. The Labute approximate surface area is 168 Å². The SMILES string of the molecule is CCOc1ccccc1Oc1coc2cc(OC(=O)N(CC)CC)ccc2c1=O. The third-order valence-electron chi connectivity index (χ3n) is 4.31. The summed E-state index contributed by atoms with van der Waals surface area (Å²) in [7, 11) is 0. The molecule has 1 aromatic heterocycles. The van der Waals surface area contributed by atoms with Gasteiger partial charge in [-0.15, -0.1) is 0 Å². The van der Waals surface area contributed by atoms with Crippen molar-refractivity contribution in [2.24, 2.45) is 0 Å². The van der Waals surface area contributed by atoms with Gasteiger partial charge in [-0.2, -0.15) is 0 Å². The van der Waals surface area contributed by atoms with Gasteiger partial charge in [-0.05, 0) is 45.0 Å². The minimum absolute atomic E-state index is 0.0394. The lowest BCUT2D eigenvalue weighted by atomic mass is 10.2. The number of hydrogen-bond acceptors (Lipinski definition) is 6. The van der Waals surface area contributed by atoms with E-state index in [1.807, 2.05) is 26.8 Å². The summed E-state index contributed by atoms with van der Waals surface area (Å²) in [6.07, 6.45) is 0.785. The highest BCUT2D eigenvalue weighted by Gasteiger charge is 2.15. The van der Waals surface area contributed by atoms with E-state index in [-0.39, 0.29) is 11.2 Å². The lowest BCUT2D eigenvalue weighted by Gasteiger charge is -2.17. The van der Waals surface area contributed by atoms with Crippen molar-refractivity contribution < 1.29 is 23.4 Å². The number of carbonyl (C=O) groups is 1. The topological polar surface area (TPSA) is 78.2 Å². The quantitative estimate of drug-likeness (QED) is 0.568. The van der Waals surface area contributed by atoms with Gasteiger partial charge in [-0.1, -0.05) is 12.1 Å². The Morgan fingerprint density at radius 3 is 2.41 bits per heavy atom. The summed E-state index contributed by atoms with van der Waals surface area (Å²) in [5.74, 6) is 1.30. The first kappa shape index (κ1) is 20.3. The van der Waals surface area contributed by atoms with E-state index in [0.29, 0.717) is 47.9 Å². The van der Waals surface area contributed by atoms with Crippen LogP contribution < -0.4 is 19.6 Å². The Morgan fingerprint density at radius 2 is 1.72 bits per heavy atom. The summed E-state index contributed by atoms with van der Waals surface area (Å²) < 4.78 is 22.2. The minimum atomic E-state index is -0.454. The van der Waals surface area contributed by atoms with E-state index in [1.54, 1.807) is 35.2 Å². The largest absolute Gasteiger partial charge is 0.490 e. The van der Waals surface area contributed by atoms with Gasteiger partial charge in [0.1, 0.15) is 17.6 Å². The second kappa shape index (κ2) is 9.14. The van der Waals surface area contributed by atoms with Crippen LogP contribution in [0.2, 0.25) is 0 Å². The van der Waals surface area contributed by atoms with Crippen LogP contribution in [0.25, 0.3) is 11.0 Å². The Kier molecular flexibility index (Phi) is 6.39. The lowest BCUT2D eigenvalue weighted by Crippen LogP contribution is -2.33. The Morgan fingerprint density at radius 1 is 1.00 bits per heavy atom. The zero-order valence-corrected chi connectivity index (χ0v) is 16.6. The average molecular weight is 397 g/mol. The predicted octanol–water partition coefficient (Wildman–Crippen LogP) is 4.82. The molecular weight excluding hydrogens is 374 g/mol. The molecule has 0 unspecified atom stereocenters. The Balaban J connectivity index is 1.87. The van der Waals surface area contributed by atoms with Crippen LogP contribution in [-0.2, 0) is 0 Å². The molecule has 0 saturated carbocycles. The summed E-state index contributed by atoms with van der Waals surface area (Å²) >= 11 is 0. The van der Waals surface area contributed by atoms with Crippen LogP contribution in [0.4, 0.5) is 4.79 Å². The molecule has 0 radical (unpaired) electrons. The molecule has 3 aromatic rings. The van der Waals surface area contributed by atoms with Crippen molar-refractivity contribution in [3.8, 4) is 23.0 Å². The second-order valence-corrected chi connectivity index (χ2v) is 6.11. The van der Waals surface area contributed by atoms with Crippen LogP contribution in [-0.4, -0.2) is 30.7 Å². The molecule has 3 rings (SSSR count). The standard InChI is InChI=1S/C22H23NO6/c1-4-23(5-2)22(25)28-15-11-12-16-19(13-15)27-14-20(21(16)24)29-18-10-8-7-9-17(18)26-6-3/h7-14H,4-6H2,1-3H3. The number of hydrogen-bond donors (Lipinski definition) is 0. The van der Waals surface area contributed by atoms with Crippen molar-refractivity contribution >= 4 is 17.1 Å². The van der Waals surface area contributed by atoms with Crippen LogP contribution >= 0.6 is 0 Å². The number of ether oxygens (including phenoxy) is 3. The van der Waals surface area contributed by atoms with Gasteiger partial charge in [0.15, 0.2) is 11.5 Å². The molecule has 0 N–H and O–H groups in total. The van der Waals surface area contributed by atoms with Gasteiger partial charge >= 0.3 is 6.09 Å². The van der Waals surface area contributed by atoms with E-state index in [0.717, 1.165) is 0 Å². The van der Waals surface area contributed by atoms with E-state index >= 15 is 0 Å². The highest BCUT2D eigenvalue weighted by molar-refractivity contribution is 5.80. The number of carbonyl (C=O) groups excluding carboxylic acids is 1. The van der Waals surface area contributed by atoms with Crippen molar-refractivity contribution in [3.05, 3.63) is 59.0 Å². The molecule has 0 aliphatic carbocycles. The van der Waals surface area contributed by atoms with E-state index in [2.05, 4.69) is 0 Å². The molecule has 0 spiro atoms. The maximum Gasteiger partial charge on any atom is 0.415 e. The highest BCUT2D eigenvalue weighted by atomic mass is 16.6. The molecule has 152 valence electrons. The number of benzene rings is 2. The van der Waals surface area contributed by atoms with Gasteiger partial charge < -0.3 is 23.5 Å². The van der Waals surface area contributed by atoms with Gasteiger partial charge in [-0.25, -0.2) is 4.79 Å². The van der Waals surface area contributed by atoms with Crippen LogP contribution in [0.5, 0.6) is 23.0 Å². The normalized spacial score (nSPS) is 10.6. The molecule has 1 heterocycles. The van der Waals surface area contributed by atoms with Crippen LogP contribution in [0.15, 0.2) is 57.9 Å². The van der Waals surface area contributed by atoms with Gasteiger partial charge in [0, 0.05) is 19.2 Å². The molecule has 0 saturated heterocycles. The number of rotatable bonds is 7. The molecule has 2 aromatic carbocycles. The maximum atomic E-state index is 12.8. The summed E-state index contributed by atoms with van der Waals surface area (Å²) in [5, 5.41) is 0.319. The molecule has 7 nitrogen and oxygen atoms in total. The molecule has 7 heteroatoms. The minimum Gasteiger partial charge on any atom is -0.490 e. The smallest absolute Gasteiger partial charge is 0.415 e. The third-order valence-corrected chi connectivity index (χ3v) is 4.31.